The van der Waals surface area contributed by atoms with Crippen molar-refractivity contribution in [2.24, 2.45) is 0 Å². The van der Waals surface area contributed by atoms with Crippen LogP contribution < -0.4 is 5.73 Å². The van der Waals surface area contributed by atoms with Crippen molar-refractivity contribution in [1.29, 1.82) is 0 Å². The lowest BCUT2D eigenvalue weighted by atomic mass is 10.1. The first-order valence-corrected chi connectivity index (χ1v) is 6.34. The fourth-order valence-corrected chi connectivity index (χ4v) is 1.66. The highest BCUT2D eigenvalue weighted by Gasteiger charge is 2.12. The second-order valence-electron chi connectivity index (χ2n) is 4.15. The Kier molecular flexibility index (Phi) is 5.85. The van der Waals surface area contributed by atoms with Crippen LogP contribution in [-0.2, 0) is 20.7 Å². The summed E-state index contributed by atoms with van der Waals surface area (Å²) in [4.78, 5) is 24.8. The number of rotatable bonds is 6. The molecule has 0 saturated heterocycles. The zero-order valence-electron chi connectivity index (χ0n) is 11.4. The van der Waals surface area contributed by atoms with E-state index >= 15 is 0 Å². The summed E-state index contributed by atoms with van der Waals surface area (Å²) in [7, 11) is 0. The van der Waals surface area contributed by atoms with Crippen LogP contribution >= 0.6 is 0 Å². The van der Waals surface area contributed by atoms with Gasteiger partial charge in [-0.05, 0) is 31.5 Å². The molecule has 0 aromatic heterocycles. The molecular weight excluding hydrogens is 244 g/mol. The van der Waals surface area contributed by atoms with E-state index in [2.05, 4.69) is 0 Å². The van der Waals surface area contributed by atoms with E-state index in [1.54, 1.807) is 29.2 Å². The molecule has 0 spiro atoms. The van der Waals surface area contributed by atoms with E-state index < -0.39 is 5.97 Å². The van der Waals surface area contributed by atoms with Crippen molar-refractivity contribution < 1.29 is 14.3 Å². The molecule has 19 heavy (non-hydrogen) atoms. The van der Waals surface area contributed by atoms with Crippen LogP contribution in [0.25, 0.3) is 0 Å². The van der Waals surface area contributed by atoms with E-state index in [4.69, 9.17) is 10.5 Å². The number of likely N-dealkylation sites (N-methyl/N-ethyl adjacent to an activating group) is 1. The van der Waals surface area contributed by atoms with Crippen LogP contribution in [0.1, 0.15) is 19.4 Å². The molecule has 0 aliphatic heterocycles. The Balaban J connectivity index is 2.39. The van der Waals surface area contributed by atoms with Crippen molar-refractivity contribution in [2.75, 3.05) is 25.4 Å². The van der Waals surface area contributed by atoms with E-state index in [1.807, 2.05) is 13.8 Å². The number of nitrogens with two attached hydrogens (primary N) is 1. The molecule has 0 unspecified atom stereocenters. The summed E-state index contributed by atoms with van der Waals surface area (Å²) < 4.78 is 4.96. The lowest BCUT2D eigenvalue weighted by molar-refractivity contribution is -0.151. The molecule has 1 aromatic carbocycles. The summed E-state index contributed by atoms with van der Waals surface area (Å²) in [6.07, 6.45) is 0.145. The third kappa shape index (κ3) is 4.99. The zero-order chi connectivity index (χ0) is 14.3. The maximum atomic E-state index is 11.6. The zero-order valence-corrected chi connectivity index (χ0v) is 11.4. The van der Waals surface area contributed by atoms with Gasteiger partial charge in [0.2, 0.25) is 0 Å². The van der Waals surface area contributed by atoms with Crippen molar-refractivity contribution in [3.63, 3.8) is 0 Å². The van der Waals surface area contributed by atoms with Crippen LogP contribution in [0.3, 0.4) is 0 Å². The molecule has 5 heteroatoms. The first kappa shape index (κ1) is 15.0. The minimum Gasteiger partial charge on any atom is -0.455 e. The molecule has 0 atom stereocenters. The third-order valence-electron chi connectivity index (χ3n) is 2.80. The Hall–Kier alpha value is -2.04. The molecule has 0 heterocycles. The molecular formula is C14H20N2O3. The van der Waals surface area contributed by atoms with Gasteiger partial charge in [0.15, 0.2) is 6.61 Å². The number of esters is 1. The van der Waals surface area contributed by atoms with Gasteiger partial charge in [-0.1, -0.05) is 12.1 Å². The summed E-state index contributed by atoms with van der Waals surface area (Å²) in [5.74, 6) is -0.582. The second kappa shape index (κ2) is 7.41. The van der Waals surface area contributed by atoms with Crippen molar-refractivity contribution in [3.05, 3.63) is 29.8 Å². The minimum atomic E-state index is -0.412. The number of hydrogen-bond acceptors (Lipinski definition) is 4. The van der Waals surface area contributed by atoms with Crippen molar-refractivity contribution in [3.8, 4) is 0 Å². The van der Waals surface area contributed by atoms with E-state index in [9.17, 15) is 9.59 Å². The lowest BCUT2D eigenvalue weighted by Gasteiger charge is -2.18. The fourth-order valence-electron chi connectivity index (χ4n) is 1.66. The smallest absolute Gasteiger partial charge is 0.310 e. The van der Waals surface area contributed by atoms with Crippen LogP contribution in [-0.4, -0.2) is 36.5 Å². The first-order valence-electron chi connectivity index (χ1n) is 6.34. The molecule has 0 fully saturated rings. The predicted molar refractivity (Wildman–Crippen MR) is 73.4 cm³/mol. The van der Waals surface area contributed by atoms with Gasteiger partial charge in [-0.2, -0.15) is 0 Å². The average molecular weight is 264 g/mol. The molecule has 0 aliphatic carbocycles. The first-order chi connectivity index (χ1) is 9.06. The number of hydrogen-bond donors (Lipinski definition) is 1. The summed E-state index contributed by atoms with van der Waals surface area (Å²) in [5, 5.41) is 0. The summed E-state index contributed by atoms with van der Waals surface area (Å²) >= 11 is 0. The number of nitrogen functional groups attached to an aromatic ring is 1. The maximum Gasteiger partial charge on any atom is 0.310 e. The Morgan fingerprint density at radius 2 is 1.74 bits per heavy atom. The number of carbonyl (C=O) groups is 2. The highest BCUT2D eigenvalue weighted by molar-refractivity contribution is 5.81. The van der Waals surface area contributed by atoms with Gasteiger partial charge in [-0.25, -0.2) is 0 Å². The summed E-state index contributed by atoms with van der Waals surface area (Å²) in [6.45, 7) is 4.81. The van der Waals surface area contributed by atoms with Crippen LogP contribution in [0, 0.1) is 0 Å². The van der Waals surface area contributed by atoms with Crippen molar-refractivity contribution in [2.45, 2.75) is 20.3 Å². The van der Waals surface area contributed by atoms with Gasteiger partial charge < -0.3 is 15.4 Å². The monoisotopic (exact) mass is 264 g/mol. The number of amides is 1. The molecule has 5 nitrogen and oxygen atoms in total. The molecule has 0 saturated carbocycles. The molecule has 1 rings (SSSR count). The molecule has 0 aliphatic rings. The van der Waals surface area contributed by atoms with Gasteiger partial charge >= 0.3 is 5.97 Å². The minimum absolute atomic E-state index is 0.145. The largest absolute Gasteiger partial charge is 0.455 e. The molecule has 2 N–H and O–H groups in total. The lowest BCUT2D eigenvalue weighted by Crippen LogP contribution is -2.34. The van der Waals surface area contributed by atoms with Gasteiger partial charge in [-0.15, -0.1) is 0 Å². The molecule has 1 aromatic rings. The topological polar surface area (TPSA) is 72.6 Å². The standard InChI is InChI=1S/C14H20N2O3/c1-3-16(4-2)13(17)10-19-14(18)9-11-5-7-12(15)8-6-11/h5-8H,3-4,9-10,15H2,1-2H3. The van der Waals surface area contributed by atoms with Crippen LogP contribution in [0.15, 0.2) is 24.3 Å². The summed E-state index contributed by atoms with van der Waals surface area (Å²) in [6, 6.07) is 6.99. The number of ether oxygens (including phenoxy) is 1. The van der Waals surface area contributed by atoms with Crippen LogP contribution in [0.4, 0.5) is 5.69 Å². The van der Waals surface area contributed by atoms with Crippen molar-refractivity contribution in [1.82, 2.24) is 4.90 Å². The van der Waals surface area contributed by atoms with Gasteiger partial charge in [-0.3, -0.25) is 9.59 Å². The third-order valence-corrected chi connectivity index (χ3v) is 2.80. The highest BCUT2D eigenvalue weighted by atomic mass is 16.5. The summed E-state index contributed by atoms with van der Waals surface area (Å²) in [5.41, 5.74) is 7.01. The number of anilines is 1. The van der Waals surface area contributed by atoms with Gasteiger partial charge in [0.05, 0.1) is 6.42 Å². The Bertz CT molecular complexity index is 425. The van der Waals surface area contributed by atoms with Gasteiger partial charge in [0.25, 0.3) is 5.91 Å². The Morgan fingerprint density at radius 1 is 1.16 bits per heavy atom. The number of benzene rings is 1. The van der Waals surface area contributed by atoms with Crippen molar-refractivity contribution >= 4 is 17.6 Å². The van der Waals surface area contributed by atoms with Crippen LogP contribution in [0.2, 0.25) is 0 Å². The molecule has 0 bridgehead atoms. The Labute approximate surface area is 113 Å². The SMILES string of the molecule is CCN(CC)C(=O)COC(=O)Cc1ccc(N)cc1. The molecule has 1 amide bonds. The maximum absolute atomic E-state index is 11.6. The molecule has 104 valence electrons. The van der Waals surface area contributed by atoms with E-state index in [0.717, 1.165) is 5.56 Å². The second-order valence-corrected chi connectivity index (χ2v) is 4.15. The average Bonchev–Trinajstić information content (AvgIpc) is 2.40. The van der Waals surface area contributed by atoms with Crippen LogP contribution in [0.5, 0.6) is 0 Å². The number of nitrogens with zero attached hydrogens (tertiary/aromatic N) is 1. The normalized spacial score (nSPS) is 10.0. The van der Waals surface area contributed by atoms with E-state index in [0.29, 0.717) is 18.8 Å². The molecule has 0 radical (unpaired) electrons. The van der Waals surface area contributed by atoms with Gasteiger partial charge in [0, 0.05) is 18.8 Å². The predicted octanol–water partition coefficient (Wildman–Crippen LogP) is 1.22. The van der Waals surface area contributed by atoms with E-state index in [1.165, 1.54) is 0 Å². The Morgan fingerprint density at radius 3 is 2.26 bits per heavy atom. The highest BCUT2D eigenvalue weighted by Crippen LogP contribution is 2.06. The van der Waals surface area contributed by atoms with E-state index in [-0.39, 0.29) is 18.9 Å². The number of carbonyl (C=O) groups excluding carboxylic acids is 2. The van der Waals surface area contributed by atoms with Gasteiger partial charge in [0.1, 0.15) is 0 Å². The quantitative estimate of drug-likeness (QED) is 0.619. The fraction of sp³-hybridized carbons (Fsp3) is 0.429.